The van der Waals surface area contributed by atoms with Crippen LogP contribution in [0.4, 0.5) is 0 Å². The summed E-state index contributed by atoms with van der Waals surface area (Å²) in [5.74, 6) is -0.265. The molecule has 0 aromatic carbocycles. The van der Waals surface area contributed by atoms with Gasteiger partial charge >= 0.3 is 5.97 Å². The highest BCUT2D eigenvalue weighted by atomic mass is 16.6. The lowest BCUT2D eigenvalue weighted by Crippen LogP contribution is -2.24. The van der Waals surface area contributed by atoms with Crippen molar-refractivity contribution >= 4 is 5.97 Å². The molecule has 1 saturated heterocycles. The Morgan fingerprint density at radius 1 is 1.82 bits per heavy atom. The van der Waals surface area contributed by atoms with Crippen molar-refractivity contribution in [3.8, 4) is 0 Å². The first-order chi connectivity index (χ1) is 5.24. The molecule has 1 aliphatic heterocycles. The van der Waals surface area contributed by atoms with Crippen molar-refractivity contribution in [3.05, 3.63) is 12.7 Å². The molecule has 62 valence electrons. The number of carbonyl (C=O) groups excluding carboxylic acids is 1. The van der Waals surface area contributed by atoms with Gasteiger partial charge in [-0.05, 0) is 12.8 Å². The topological polar surface area (TPSA) is 52.3 Å². The van der Waals surface area contributed by atoms with Crippen molar-refractivity contribution in [2.75, 3.05) is 0 Å². The minimum absolute atomic E-state index is 0.0236. The average Bonchev–Trinajstić information content (AvgIpc) is 2.28. The highest BCUT2D eigenvalue weighted by molar-refractivity contribution is 5.77. The SMILES string of the molecule is C=CCC[C@@H]1CC(N)C(=O)O1. The number of hydrogen-bond acceptors (Lipinski definition) is 3. The molecule has 3 nitrogen and oxygen atoms in total. The van der Waals surface area contributed by atoms with E-state index in [0.717, 1.165) is 12.8 Å². The maximum atomic E-state index is 10.8. The van der Waals surface area contributed by atoms with Gasteiger partial charge in [0.25, 0.3) is 0 Å². The third-order valence-corrected chi connectivity index (χ3v) is 1.80. The van der Waals surface area contributed by atoms with Crippen LogP contribution < -0.4 is 5.73 Å². The zero-order valence-corrected chi connectivity index (χ0v) is 6.45. The normalized spacial score (nSPS) is 30.1. The summed E-state index contributed by atoms with van der Waals surface area (Å²) in [6.45, 7) is 3.59. The third kappa shape index (κ3) is 2.05. The molecule has 0 radical (unpaired) electrons. The fraction of sp³-hybridized carbons (Fsp3) is 0.625. The van der Waals surface area contributed by atoms with Gasteiger partial charge in [0.15, 0.2) is 0 Å². The van der Waals surface area contributed by atoms with Crippen LogP contribution in [0.2, 0.25) is 0 Å². The molecule has 1 heterocycles. The van der Waals surface area contributed by atoms with Gasteiger partial charge in [-0.3, -0.25) is 4.79 Å². The summed E-state index contributed by atoms with van der Waals surface area (Å²) in [4.78, 5) is 10.8. The van der Waals surface area contributed by atoms with Crippen molar-refractivity contribution in [1.29, 1.82) is 0 Å². The summed E-state index contributed by atoms with van der Waals surface area (Å²) in [7, 11) is 0. The second-order valence-corrected chi connectivity index (χ2v) is 2.77. The Morgan fingerprint density at radius 3 is 3.00 bits per heavy atom. The Balaban J connectivity index is 2.29. The van der Waals surface area contributed by atoms with Crippen molar-refractivity contribution in [3.63, 3.8) is 0 Å². The highest BCUT2D eigenvalue weighted by Gasteiger charge is 2.30. The van der Waals surface area contributed by atoms with E-state index in [9.17, 15) is 4.79 Å². The minimum atomic E-state index is -0.398. The molecule has 0 aliphatic carbocycles. The van der Waals surface area contributed by atoms with E-state index in [1.54, 1.807) is 0 Å². The van der Waals surface area contributed by atoms with Gasteiger partial charge < -0.3 is 10.5 Å². The molecule has 2 N–H and O–H groups in total. The van der Waals surface area contributed by atoms with E-state index in [1.165, 1.54) is 0 Å². The third-order valence-electron chi connectivity index (χ3n) is 1.80. The molecule has 2 atom stereocenters. The van der Waals surface area contributed by atoms with Gasteiger partial charge in [0.05, 0.1) is 0 Å². The number of allylic oxidation sites excluding steroid dienone is 1. The quantitative estimate of drug-likeness (QED) is 0.479. The van der Waals surface area contributed by atoms with Crippen molar-refractivity contribution in [1.82, 2.24) is 0 Å². The summed E-state index contributed by atoms with van der Waals surface area (Å²) in [6.07, 6.45) is 4.23. The highest BCUT2D eigenvalue weighted by Crippen LogP contribution is 2.17. The van der Waals surface area contributed by atoms with Crippen LogP contribution in [-0.2, 0) is 9.53 Å². The predicted octanol–water partition coefficient (Wildman–Crippen LogP) is 0.595. The van der Waals surface area contributed by atoms with Crippen molar-refractivity contribution in [2.45, 2.75) is 31.4 Å². The van der Waals surface area contributed by atoms with Gasteiger partial charge in [-0.1, -0.05) is 6.08 Å². The van der Waals surface area contributed by atoms with Crippen LogP contribution in [0.3, 0.4) is 0 Å². The molecule has 0 aromatic heterocycles. The van der Waals surface area contributed by atoms with Gasteiger partial charge in [-0.25, -0.2) is 0 Å². The number of ether oxygens (including phenoxy) is 1. The molecule has 1 fully saturated rings. The van der Waals surface area contributed by atoms with E-state index in [-0.39, 0.29) is 12.1 Å². The van der Waals surface area contributed by atoms with Crippen molar-refractivity contribution < 1.29 is 9.53 Å². The van der Waals surface area contributed by atoms with E-state index in [4.69, 9.17) is 10.5 Å². The number of rotatable bonds is 3. The van der Waals surface area contributed by atoms with Crippen LogP contribution in [0.1, 0.15) is 19.3 Å². The lowest BCUT2D eigenvalue weighted by atomic mass is 10.1. The molecule has 0 amide bonds. The largest absolute Gasteiger partial charge is 0.461 e. The molecule has 1 aliphatic rings. The fourth-order valence-electron chi connectivity index (χ4n) is 1.16. The Bertz CT molecular complexity index is 167. The van der Waals surface area contributed by atoms with Gasteiger partial charge in [-0.15, -0.1) is 6.58 Å². The van der Waals surface area contributed by atoms with E-state index in [0.29, 0.717) is 6.42 Å². The predicted molar refractivity (Wildman–Crippen MR) is 41.9 cm³/mol. The molecule has 0 spiro atoms. The van der Waals surface area contributed by atoms with Gasteiger partial charge in [0.1, 0.15) is 12.1 Å². The fourth-order valence-corrected chi connectivity index (χ4v) is 1.16. The van der Waals surface area contributed by atoms with E-state index in [1.807, 2.05) is 6.08 Å². The first kappa shape index (κ1) is 8.27. The molecule has 1 unspecified atom stereocenters. The molecule has 0 aromatic rings. The Kier molecular flexibility index (Phi) is 2.65. The van der Waals surface area contributed by atoms with Crippen LogP contribution in [0, 0.1) is 0 Å². The van der Waals surface area contributed by atoms with Crippen LogP contribution in [0.25, 0.3) is 0 Å². The lowest BCUT2D eigenvalue weighted by Gasteiger charge is -2.04. The molecular formula is C8H13NO2. The van der Waals surface area contributed by atoms with E-state index < -0.39 is 6.04 Å². The maximum Gasteiger partial charge on any atom is 0.323 e. The lowest BCUT2D eigenvalue weighted by molar-refractivity contribution is -0.142. The zero-order chi connectivity index (χ0) is 8.27. The second kappa shape index (κ2) is 3.53. The van der Waals surface area contributed by atoms with Gasteiger partial charge in [0, 0.05) is 6.42 Å². The molecular weight excluding hydrogens is 142 g/mol. The number of hydrogen-bond donors (Lipinski definition) is 1. The Labute approximate surface area is 66.2 Å². The summed E-state index contributed by atoms with van der Waals surface area (Å²) in [5.41, 5.74) is 5.44. The first-order valence-electron chi connectivity index (χ1n) is 3.81. The first-order valence-corrected chi connectivity index (χ1v) is 3.81. The van der Waals surface area contributed by atoms with Gasteiger partial charge in [0.2, 0.25) is 0 Å². The van der Waals surface area contributed by atoms with Crippen LogP contribution in [0.15, 0.2) is 12.7 Å². The Hall–Kier alpha value is -0.830. The maximum absolute atomic E-state index is 10.8. The van der Waals surface area contributed by atoms with Crippen LogP contribution in [0.5, 0.6) is 0 Å². The smallest absolute Gasteiger partial charge is 0.323 e. The van der Waals surface area contributed by atoms with Crippen LogP contribution in [-0.4, -0.2) is 18.1 Å². The summed E-state index contributed by atoms with van der Waals surface area (Å²) in [6, 6.07) is -0.398. The average molecular weight is 155 g/mol. The zero-order valence-electron chi connectivity index (χ0n) is 6.45. The van der Waals surface area contributed by atoms with E-state index >= 15 is 0 Å². The second-order valence-electron chi connectivity index (χ2n) is 2.77. The minimum Gasteiger partial charge on any atom is -0.461 e. The number of esters is 1. The number of nitrogens with two attached hydrogens (primary N) is 1. The molecule has 1 rings (SSSR count). The summed E-state index contributed by atoms with van der Waals surface area (Å²) in [5, 5.41) is 0. The number of carbonyl (C=O) groups is 1. The Morgan fingerprint density at radius 2 is 2.55 bits per heavy atom. The molecule has 3 heteroatoms. The summed E-state index contributed by atoms with van der Waals surface area (Å²) >= 11 is 0. The van der Waals surface area contributed by atoms with Crippen molar-refractivity contribution in [2.24, 2.45) is 5.73 Å². The van der Waals surface area contributed by atoms with Gasteiger partial charge in [-0.2, -0.15) is 0 Å². The van der Waals surface area contributed by atoms with Crippen LogP contribution >= 0.6 is 0 Å². The number of cyclic esters (lactones) is 1. The molecule has 0 bridgehead atoms. The standard InChI is InChI=1S/C8H13NO2/c1-2-3-4-6-5-7(9)8(10)11-6/h2,6-7H,1,3-5,9H2/t6-,7?/m1/s1. The summed E-state index contributed by atoms with van der Waals surface area (Å²) < 4.78 is 4.96. The molecule has 11 heavy (non-hydrogen) atoms. The monoisotopic (exact) mass is 155 g/mol. The molecule has 0 saturated carbocycles. The van der Waals surface area contributed by atoms with E-state index in [2.05, 4.69) is 6.58 Å².